The number of rotatable bonds is 3. The maximum absolute atomic E-state index is 5.27. The quantitative estimate of drug-likeness (QED) is 0.525. The molecule has 0 fully saturated rings. The Kier molecular flexibility index (Phi) is 3.31. The third-order valence-electron chi connectivity index (χ3n) is 4.00. The normalized spacial score (nSPS) is 10.8. The smallest absolute Gasteiger partial charge is 0.291 e. The molecule has 0 saturated carbocycles. The Morgan fingerprint density at radius 3 is 2.30 bits per heavy atom. The average Bonchev–Trinajstić information content (AvgIpc) is 3.02. The Labute approximate surface area is 135 Å². The maximum atomic E-state index is 5.27. The van der Waals surface area contributed by atoms with Crippen molar-refractivity contribution >= 4 is 5.65 Å². The van der Waals surface area contributed by atoms with Crippen molar-refractivity contribution in [2.75, 3.05) is 7.11 Å². The number of hydrogen-bond donors (Lipinski definition) is 0. The summed E-state index contributed by atoms with van der Waals surface area (Å²) in [6.07, 6.45) is 4.23. The van der Waals surface area contributed by atoms with Crippen LogP contribution in [-0.4, -0.2) is 11.7 Å². The van der Waals surface area contributed by atoms with Gasteiger partial charge < -0.3 is 4.74 Å². The van der Waals surface area contributed by atoms with Gasteiger partial charge in [-0.3, -0.25) is 0 Å². The predicted molar refractivity (Wildman–Crippen MR) is 90.9 cm³/mol. The lowest BCUT2D eigenvalue weighted by Crippen LogP contribution is -2.17. The van der Waals surface area contributed by atoms with Gasteiger partial charge in [0.1, 0.15) is 17.6 Å². The summed E-state index contributed by atoms with van der Waals surface area (Å²) in [5.41, 5.74) is 4.57. The van der Waals surface area contributed by atoms with Gasteiger partial charge in [-0.25, -0.2) is 4.40 Å². The molecular weight excluding hydrogens is 284 g/mol. The average molecular weight is 301 g/mol. The summed E-state index contributed by atoms with van der Waals surface area (Å²) in [5, 5.41) is 0. The summed E-state index contributed by atoms with van der Waals surface area (Å²) in [6.45, 7) is 0. The number of nitrogens with zero attached hydrogens (tertiary/aromatic N) is 2. The van der Waals surface area contributed by atoms with Crippen molar-refractivity contribution < 1.29 is 9.14 Å². The minimum atomic E-state index is 0.860. The van der Waals surface area contributed by atoms with E-state index in [9.17, 15) is 0 Å². The standard InChI is InChI=1S/C20H17N2O/c1-23-18-12-10-17(11-13-18)22-19(16-7-3-2-4-8-16)15-21-14-6-5-9-20(21)22/h2-15H,1H3/q+1. The fraction of sp³-hybridized carbons (Fsp3) is 0.0500. The summed E-state index contributed by atoms with van der Waals surface area (Å²) in [5.74, 6) is 0.860. The van der Waals surface area contributed by atoms with Gasteiger partial charge in [0, 0.05) is 11.6 Å². The van der Waals surface area contributed by atoms with Crippen molar-refractivity contribution in [3.63, 3.8) is 0 Å². The molecule has 0 unspecified atom stereocenters. The Morgan fingerprint density at radius 1 is 0.826 bits per heavy atom. The van der Waals surface area contributed by atoms with E-state index in [-0.39, 0.29) is 0 Å². The highest BCUT2D eigenvalue weighted by Gasteiger charge is 2.20. The van der Waals surface area contributed by atoms with Crippen LogP contribution in [0.4, 0.5) is 0 Å². The van der Waals surface area contributed by atoms with Crippen LogP contribution in [0.3, 0.4) is 0 Å². The predicted octanol–water partition coefficient (Wildman–Crippen LogP) is 3.89. The Balaban J connectivity index is 1.99. The highest BCUT2D eigenvalue weighted by atomic mass is 16.5. The summed E-state index contributed by atoms with van der Waals surface area (Å²) >= 11 is 0. The zero-order valence-corrected chi connectivity index (χ0v) is 12.9. The molecule has 2 aromatic heterocycles. The minimum absolute atomic E-state index is 0.860. The molecule has 0 aliphatic heterocycles. The monoisotopic (exact) mass is 301 g/mol. The van der Waals surface area contributed by atoms with Crippen LogP contribution in [0, 0.1) is 0 Å². The summed E-state index contributed by atoms with van der Waals surface area (Å²) in [7, 11) is 1.69. The highest BCUT2D eigenvalue weighted by Crippen LogP contribution is 2.25. The minimum Gasteiger partial charge on any atom is -0.497 e. The van der Waals surface area contributed by atoms with E-state index in [0.717, 1.165) is 22.8 Å². The molecule has 23 heavy (non-hydrogen) atoms. The molecule has 0 spiro atoms. The first kappa shape index (κ1) is 13.6. The highest BCUT2D eigenvalue weighted by molar-refractivity contribution is 5.65. The van der Waals surface area contributed by atoms with Crippen LogP contribution in [0.1, 0.15) is 0 Å². The van der Waals surface area contributed by atoms with Gasteiger partial charge in [-0.05, 0) is 30.3 Å². The molecule has 0 amide bonds. The van der Waals surface area contributed by atoms with Crippen molar-refractivity contribution in [1.29, 1.82) is 0 Å². The van der Waals surface area contributed by atoms with Gasteiger partial charge in [0.05, 0.1) is 13.3 Å². The van der Waals surface area contributed by atoms with Crippen molar-refractivity contribution in [1.82, 2.24) is 4.57 Å². The maximum Gasteiger partial charge on any atom is 0.291 e. The van der Waals surface area contributed by atoms with E-state index >= 15 is 0 Å². The molecule has 0 saturated heterocycles. The number of pyridine rings is 1. The fourth-order valence-electron chi connectivity index (χ4n) is 2.87. The molecule has 4 aromatic rings. The zero-order chi connectivity index (χ0) is 15.6. The SMILES string of the molecule is COc1ccc(-n2c(-c3ccccc3)c[n+]3ccccc23)cc1. The Hall–Kier alpha value is -3.07. The van der Waals surface area contributed by atoms with Crippen LogP contribution >= 0.6 is 0 Å². The summed E-state index contributed by atoms with van der Waals surface area (Å²) in [6, 6.07) is 24.8. The van der Waals surface area contributed by atoms with E-state index < -0.39 is 0 Å². The van der Waals surface area contributed by atoms with Gasteiger partial charge >= 0.3 is 0 Å². The molecule has 4 rings (SSSR count). The molecule has 0 radical (unpaired) electrons. The van der Waals surface area contributed by atoms with Crippen LogP contribution in [0.2, 0.25) is 0 Å². The molecular formula is C20H17N2O+. The largest absolute Gasteiger partial charge is 0.497 e. The molecule has 112 valence electrons. The lowest BCUT2D eigenvalue weighted by Gasteiger charge is -2.04. The summed E-state index contributed by atoms with van der Waals surface area (Å²) in [4.78, 5) is 0. The molecule has 0 bridgehead atoms. The van der Waals surface area contributed by atoms with Gasteiger partial charge in [0.2, 0.25) is 0 Å². The second-order valence-corrected chi connectivity index (χ2v) is 5.38. The van der Waals surface area contributed by atoms with E-state index in [1.54, 1.807) is 7.11 Å². The van der Waals surface area contributed by atoms with E-state index in [0.29, 0.717) is 0 Å². The molecule has 3 heteroatoms. The number of benzene rings is 2. The van der Waals surface area contributed by atoms with Gasteiger partial charge in [0.15, 0.2) is 5.69 Å². The number of hydrogen-bond acceptors (Lipinski definition) is 1. The fourth-order valence-corrected chi connectivity index (χ4v) is 2.87. The Bertz CT molecular complexity index is 940. The van der Waals surface area contributed by atoms with Crippen LogP contribution < -0.4 is 9.14 Å². The van der Waals surface area contributed by atoms with Crippen LogP contribution in [0.25, 0.3) is 22.6 Å². The molecule has 0 N–H and O–H groups in total. The lowest BCUT2D eigenvalue weighted by molar-refractivity contribution is -0.510. The van der Waals surface area contributed by atoms with Crippen molar-refractivity contribution in [2.24, 2.45) is 0 Å². The van der Waals surface area contributed by atoms with Crippen LogP contribution in [0.5, 0.6) is 5.75 Å². The topological polar surface area (TPSA) is 18.3 Å². The van der Waals surface area contributed by atoms with Gasteiger partial charge in [-0.15, -0.1) is 0 Å². The Morgan fingerprint density at radius 2 is 1.57 bits per heavy atom. The third kappa shape index (κ3) is 2.36. The molecule has 2 aromatic carbocycles. The van der Waals surface area contributed by atoms with Crippen LogP contribution in [-0.2, 0) is 0 Å². The number of ether oxygens (including phenoxy) is 1. The first-order valence-electron chi connectivity index (χ1n) is 7.58. The van der Waals surface area contributed by atoms with E-state index in [4.69, 9.17) is 4.74 Å². The molecule has 3 nitrogen and oxygen atoms in total. The van der Waals surface area contributed by atoms with Gasteiger partial charge in [0.25, 0.3) is 5.65 Å². The van der Waals surface area contributed by atoms with Crippen molar-refractivity contribution in [2.45, 2.75) is 0 Å². The second kappa shape index (κ2) is 5.61. The zero-order valence-electron chi connectivity index (χ0n) is 12.9. The molecule has 0 atom stereocenters. The number of fused-ring (bicyclic) bond motifs is 1. The van der Waals surface area contributed by atoms with E-state index in [1.807, 2.05) is 24.3 Å². The van der Waals surface area contributed by atoms with Gasteiger partial charge in [-0.1, -0.05) is 36.4 Å². The first-order chi connectivity index (χ1) is 11.4. The molecule has 0 aliphatic rings. The second-order valence-electron chi connectivity index (χ2n) is 5.38. The van der Waals surface area contributed by atoms with Gasteiger partial charge in [-0.2, -0.15) is 4.57 Å². The third-order valence-corrected chi connectivity index (χ3v) is 4.00. The number of aromatic nitrogens is 2. The molecule has 2 heterocycles. The number of imidazole rings is 1. The number of methoxy groups -OCH3 is 1. The van der Waals surface area contributed by atoms with Crippen molar-refractivity contribution in [3.8, 4) is 22.7 Å². The van der Waals surface area contributed by atoms with Crippen molar-refractivity contribution in [3.05, 3.63) is 85.2 Å². The van der Waals surface area contributed by atoms with E-state index in [2.05, 4.69) is 69.9 Å². The molecule has 0 aliphatic carbocycles. The van der Waals surface area contributed by atoms with E-state index in [1.165, 1.54) is 5.56 Å². The summed E-state index contributed by atoms with van der Waals surface area (Å²) < 4.78 is 9.68. The lowest BCUT2D eigenvalue weighted by atomic mass is 10.1. The first-order valence-corrected chi connectivity index (χ1v) is 7.58. The van der Waals surface area contributed by atoms with Crippen LogP contribution in [0.15, 0.2) is 85.2 Å².